The zero-order chi connectivity index (χ0) is 30.5. The van der Waals surface area contributed by atoms with Gasteiger partial charge >= 0.3 is 5.84 Å². The van der Waals surface area contributed by atoms with Crippen molar-refractivity contribution in [2.75, 3.05) is 0 Å². The van der Waals surface area contributed by atoms with E-state index in [4.69, 9.17) is 19.4 Å². The van der Waals surface area contributed by atoms with Crippen LogP contribution in [0.2, 0.25) is 0 Å². The highest BCUT2D eigenvalue weighted by molar-refractivity contribution is 5.92. The van der Waals surface area contributed by atoms with E-state index in [1.807, 2.05) is 60.7 Å². The van der Waals surface area contributed by atoms with Gasteiger partial charge in [-0.05, 0) is 52.6 Å². The van der Waals surface area contributed by atoms with E-state index in [9.17, 15) is 0 Å². The van der Waals surface area contributed by atoms with E-state index in [0.717, 1.165) is 66.9 Å². The summed E-state index contributed by atoms with van der Waals surface area (Å²) in [7, 11) is 0. The Labute approximate surface area is 265 Å². The Hall–Kier alpha value is -6.33. The first-order valence-electron chi connectivity index (χ1n) is 15.3. The van der Waals surface area contributed by atoms with Crippen molar-refractivity contribution in [3.63, 3.8) is 0 Å². The second-order valence-corrected chi connectivity index (χ2v) is 11.4. The molecule has 0 saturated carbocycles. The lowest BCUT2D eigenvalue weighted by atomic mass is 10.0. The molecule has 0 N–H and O–H groups in total. The Bertz CT molecular complexity index is 2440. The largest absolute Gasteiger partial charge is 0.423 e. The number of imidazole rings is 1. The highest BCUT2D eigenvalue weighted by Gasteiger charge is 2.16. The molecule has 3 heterocycles. The fourth-order valence-corrected chi connectivity index (χ4v) is 6.12. The van der Waals surface area contributed by atoms with Gasteiger partial charge in [-0.3, -0.25) is 4.40 Å². The molecule has 0 unspecified atom stereocenters. The molecule has 5 nitrogen and oxygen atoms in total. The molecule has 0 atom stereocenters. The number of hydrogen-bond acceptors (Lipinski definition) is 4. The Morgan fingerprint density at radius 3 is 1.57 bits per heavy atom. The Morgan fingerprint density at radius 2 is 0.891 bits per heavy atom. The van der Waals surface area contributed by atoms with Crippen molar-refractivity contribution in [1.29, 1.82) is 0 Å². The van der Waals surface area contributed by atoms with E-state index in [1.54, 1.807) is 0 Å². The van der Waals surface area contributed by atoms with Crippen LogP contribution in [0.15, 0.2) is 162 Å². The van der Waals surface area contributed by atoms with E-state index >= 15 is 0 Å². The average molecular weight is 591 g/mol. The molecule has 0 amide bonds. The number of hydrogen-bond donors (Lipinski definition) is 0. The molecule has 9 aromatic rings. The molecule has 216 valence electrons. The van der Waals surface area contributed by atoms with Crippen LogP contribution in [0.3, 0.4) is 0 Å². The van der Waals surface area contributed by atoms with E-state index in [2.05, 4.69) is 101 Å². The van der Waals surface area contributed by atoms with Crippen molar-refractivity contribution in [1.82, 2.24) is 19.4 Å². The summed E-state index contributed by atoms with van der Waals surface area (Å²) in [5.74, 6) is 1.30. The number of nitrogens with zero attached hydrogens (tertiary/aromatic N) is 4. The maximum absolute atomic E-state index is 6.16. The number of oxazole rings is 1. The molecular weight excluding hydrogens is 564 g/mol. The van der Waals surface area contributed by atoms with E-state index in [0.29, 0.717) is 11.7 Å². The molecule has 0 bridgehead atoms. The maximum Gasteiger partial charge on any atom is 0.307 e. The van der Waals surface area contributed by atoms with Crippen molar-refractivity contribution in [3.05, 3.63) is 158 Å². The molecule has 0 saturated heterocycles. The van der Waals surface area contributed by atoms with Gasteiger partial charge in [-0.25, -0.2) is 9.97 Å². The lowest BCUT2D eigenvalue weighted by molar-refractivity contribution is 0.643. The second kappa shape index (κ2) is 10.7. The third-order valence-corrected chi connectivity index (χ3v) is 8.47. The molecule has 46 heavy (non-hydrogen) atoms. The van der Waals surface area contributed by atoms with E-state index < -0.39 is 0 Å². The molecule has 0 spiro atoms. The van der Waals surface area contributed by atoms with Crippen LogP contribution in [0, 0.1) is 0 Å². The normalized spacial score (nSPS) is 11.5. The molecule has 0 fully saturated rings. The average Bonchev–Trinajstić information content (AvgIpc) is 3.68. The third kappa shape index (κ3) is 4.54. The van der Waals surface area contributed by atoms with Crippen LogP contribution < -0.4 is 0 Å². The van der Waals surface area contributed by atoms with Gasteiger partial charge in [0.25, 0.3) is 0 Å². The lowest BCUT2D eigenvalue weighted by Gasteiger charge is -2.10. The monoisotopic (exact) mass is 590 g/mol. The fraction of sp³-hybridized carbons (Fsp3) is 0. The predicted octanol–water partition coefficient (Wildman–Crippen LogP) is 10.4. The molecular formula is C41H26N4O. The first kappa shape index (κ1) is 26.1. The maximum atomic E-state index is 6.16. The van der Waals surface area contributed by atoms with Gasteiger partial charge in [0.1, 0.15) is 0 Å². The van der Waals surface area contributed by atoms with Crippen molar-refractivity contribution < 1.29 is 4.42 Å². The van der Waals surface area contributed by atoms with Crippen molar-refractivity contribution in [2.24, 2.45) is 0 Å². The van der Waals surface area contributed by atoms with Crippen LogP contribution in [0.1, 0.15) is 0 Å². The van der Waals surface area contributed by atoms with Crippen molar-refractivity contribution >= 4 is 28.0 Å². The van der Waals surface area contributed by atoms with Gasteiger partial charge in [0, 0.05) is 16.7 Å². The van der Waals surface area contributed by atoms with Gasteiger partial charge in [-0.2, -0.15) is 4.98 Å². The van der Waals surface area contributed by atoms with E-state index in [-0.39, 0.29) is 0 Å². The minimum atomic E-state index is 0.593. The number of fused-ring (bicyclic) bond motifs is 5. The summed E-state index contributed by atoms with van der Waals surface area (Å²) in [4.78, 5) is 14.7. The van der Waals surface area contributed by atoms with Gasteiger partial charge in [0.2, 0.25) is 0 Å². The fourth-order valence-electron chi connectivity index (χ4n) is 6.12. The minimum Gasteiger partial charge on any atom is -0.423 e. The van der Waals surface area contributed by atoms with Crippen LogP contribution >= 0.6 is 0 Å². The van der Waals surface area contributed by atoms with Crippen LogP contribution in [-0.2, 0) is 0 Å². The standard InChI is InChI=1S/C41H26N4O/c1-4-10-27(11-5-1)33-21-23-39-38(25-33)45-37-24-32(20-22-34(37)44-41(45)46-39)28-16-18-30(19-17-28)36-26-35(29-12-6-2-7-13-29)42-40(43-36)31-14-8-3-9-15-31/h1-26H. The molecule has 0 radical (unpaired) electrons. The van der Waals surface area contributed by atoms with Crippen LogP contribution in [0.5, 0.6) is 0 Å². The summed E-state index contributed by atoms with van der Waals surface area (Å²) in [5, 5.41) is 0. The van der Waals surface area contributed by atoms with Crippen LogP contribution in [-0.4, -0.2) is 19.4 Å². The van der Waals surface area contributed by atoms with Crippen LogP contribution in [0.25, 0.3) is 84.1 Å². The first-order chi connectivity index (χ1) is 22.8. The zero-order valence-corrected chi connectivity index (χ0v) is 24.7. The molecule has 5 heteroatoms. The predicted molar refractivity (Wildman–Crippen MR) is 185 cm³/mol. The summed E-state index contributed by atoms with van der Waals surface area (Å²) in [6.07, 6.45) is 0. The number of rotatable bonds is 5. The van der Waals surface area contributed by atoms with Crippen LogP contribution in [0.4, 0.5) is 0 Å². The summed E-state index contributed by atoms with van der Waals surface area (Å²) in [6, 6.07) is 54.1. The first-order valence-corrected chi connectivity index (χ1v) is 15.3. The molecule has 3 aromatic heterocycles. The smallest absolute Gasteiger partial charge is 0.307 e. The van der Waals surface area contributed by atoms with E-state index in [1.165, 1.54) is 5.56 Å². The van der Waals surface area contributed by atoms with Gasteiger partial charge in [-0.1, -0.05) is 127 Å². The quantitative estimate of drug-likeness (QED) is 0.200. The Kier molecular flexibility index (Phi) is 6.06. The SMILES string of the molecule is c1ccc(-c2ccc3oc4nc5ccc(-c6ccc(-c7cc(-c8ccccc8)nc(-c8ccccc8)n7)cc6)cc5n4c3c2)cc1. The van der Waals surface area contributed by atoms with Crippen molar-refractivity contribution in [3.8, 4) is 56.2 Å². The number of benzene rings is 6. The summed E-state index contributed by atoms with van der Waals surface area (Å²) < 4.78 is 8.28. The molecule has 9 rings (SSSR count). The highest BCUT2D eigenvalue weighted by atomic mass is 16.4. The minimum absolute atomic E-state index is 0.593. The molecule has 0 aliphatic heterocycles. The topological polar surface area (TPSA) is 56.2 Å². The number of aromatic nitrogens is 4. The van der Waals surface area contributed by atoms with Gasteiger partial charge in [0.15, 0.2) is 11.4 Å². The van der Waals surface area contributed by atoms with Crippen molar-refractivity contribution in [2.45, 2.75) is 0 Å². The lowest BCUT2D eigenvalue weighted by Crippen LogP contribution is -1.95. The summed E-state index contributed by atoms with van der Waals surface area (Å²) in [5.41, 5.74) is 13.1. The van der Waals surface area contributed by atoms with Gasteiger partial charge in [0.05, 0.1) is 27.9 Å². The third-order valence-electron chi connectivity index (χ3n) is 8.47. The molecule has 0 aliphatic carbocycles. The van der Waals surface area contributed by atoms with Gasteiger partial charge < -0.3 is 4.42 Å². The zero-order valence-electron chi connectivity index (χ0n) is 24.7. The summed E-state index contributed by atoms with van der Waals surface area (Å²) in [6.45, 7) is 0. The molecule has 0 aliphatic rings. The molecule has 6 aromatic carbocycles. The summed E-state index contributed by atoms with van der Waals surface area (Å²) >= 11 is 0. The Morgan fingerprint density at radius 1 is 0.391 bits per heavy atom. The highest BCUT2D eigenvalue weighted by Crippen LogP contribution is 2.33. The Balaban J connectivity index is 1.12. The second-order valence-electron chi connectivity index (χ2n) is 11.4. The van der Waals surface area contributed by atoms with Gasteiger partial charge in [-0.15, -0.1) is 0 Å².